The van der Waals surface area contributed by atoms with E-state index in [0.717, 1.165) is 5.56 Å². The maximum absolute atomic E-state index is 12.2. The minimum Gasteiger partial charge on any atom is -0.493 e. The first-order valence-electron chi connectivity index (χ1n) is 7.63. The lowest BCUT2D eigenvalue weighted by molar-refractivity contribution is -0.122. The summed E-state index contributed by atoms with van der Waals surface area (Å²) in [6.07, 6.45) is 3.08. The Balaban J connectivity index is 2.13. The molecule has 0 saturated carbocycles. The number of likely N-dealkylation sites (N-methyl/N-ethyl adjacent to an activating group) is 1. The van der Waals surface area contributed by atoms with Crippen molar-refractivity contribution in [2.45, 2.75) is 0 Å². The summed E-state index contributed by atoms with van der Waals surface area (Å²) in [4.78, 5) is 23.5. The van der Waals surface area contributed by atoms with E-state index in [1.54, 1.807) is 36.4 Å². The van der Waals surface area contributed by atoms with Crippen LogP contribution in [0.25, 0.3) is 6.08 Å². The van der Waals surface area contributed by atoms with Crippen LogP contribution in [0.4, 0.5) is 0 Å². The molecule has 0 unspecified atom stereocenters. The van der Waals surface area contributed by atoms with E-state index in [0.29, 0.717) is 27.1 Å². The molecule has 0 fully saturated rings. The van der Waals surface area contributed by atoms with Crippen molar-refractivity contribution in [1.82, 2.24) is 5.32 Å². The molecule has 0 radical (unpaired) electrons. The molecule has 2 aromatic rings. The third-order valence-corrected chi connectivity index (χ3v) is 4.20. The number of methoxy groups -OCH3 is 1. The molecule has 0 aliphatic carbocycles. The van der Waals surface area contributed by atoms with Crippen LogP contribution in [0, 0.1) is 0 Å². The van der Waals surface area contributed by atoms with E-state index in [1.165, 1.54) is 26.3 Å². The van der Waals surface area contributed by atoms with E-state index < -0.39 is 0 Å². The standard InChI is InChI=1S/C19H17Cl2NO4/c1-22-19(24)11-26-17-8-4-12(9-18(17)25-2)3-7-16(23)13-5-6-14(20)15(21)10-13/h3-10H,11H2,1-2H3,(H,22,24). The zero-order chi connectivity index (χ0) is 19.1. The van der Waals surface area contributed by atoms with E-state index in [1.807, 2.05) is 0 Å². The zero-order valence-electron chi connectivity index (χ0n) is 14.2. The van der Waals surface area contributed by atoms with E-state index in [9.17, 15) is 9.59 Å². The number of nitrogens with one attached hydrogen (secondary N) is 1. The molecule has 0 aliphatic rings. The van der Waals surface area contributed by atoms with Crippen LogP contribution in [0.1, 0.15) is 15.9 Å². The largest absolute Gasteiger partial charge is 0.493 e. The smallest absolute Gasteiger partial charge is 0.257 e. The van der Waals surface area contributed by atoms with Crippen molar-refractivity contribution in [1.29, 1.82) is 0 Å². The van der Waals surface area contributed by atoms with E-state index in [2.05, 4.69) is 5.32 Å². The number of allylic oxidation sites excluding steroid dienone is 1. The van der Waals surface area contributed by atoms with Crippen molar-refractivity contribution in [2.75, 3.05) is 20.8 Å². The molecule has 1 N–H and O–H groups in total. The molecular formula is C19H17Cl2NO4. The van der Waals surface area contributed by atoms with Crippen molar-refractivity contribution in [3.05, 3.63) is 63.6 Å². The molecule has 0 aromatic heterocycles. The van der Waals surface area contributed by atoms with Gasteiger partial charge < -0.3 is 14.8 Å². The Morgan fingerprint density at radius 3 is 2.50 bits per heavy atom. The fourth-order valence-electron chi connectivity index (χ4n) is 2.04. The van der Waals surface area contributed by atoms with E-state index in [4.69, 9.17) is 32.7 Å². The molecule has 0 atom stereocenters. The number of rotatable bonds is 7. The Labute approximate surface area is 161 Å². The summed E-state index contributed by atoms with van der Waals surface area (Å²) in [5, 5.41) is 3.19. The first kappa shape index (κ1) is 19.8. The predicted molar refractivity (Wildman–Crippen MR) is 102 cm³/mol. The van der Waals surface area contributed by atoms with Gasteiger partial charge in [0, 0.05) is 12.6 Å². The van der Waals surface area contributed by atoms with Gasteiger partial charge in [-0.3, -0.25) is 9.59 Å². The number of hydrogen-bond acceptors (Lipinski definition) is 4. The van der Waals surface area contributed by atoms with Crippen molar-refractivity contribution < 1.29 is 19.1 Å². The molecule has 7 heteroatoms. The summed E-state index contributed by atoms with van der Waals surface area (Å²) in [5.74, 6) is 0.438. The van der Waals surface area contributed by atoms with Crippen LogP contribution in [0.5, 0.6) is 11.5 Å². The third kappa shape index (κ3) is 5.25. The van der Waals surface area contributed by atoms with Gasteiger partial charge in [0.15, 0.2) is 23.9 Å². The zero-order valence-corrected chi connectivity index (χ0v) is 15.7. The lowest BCUT2D eigenvalue weighted by Crippen LogP contribution is -2.24. The number of benzene rings is 2. The van der Waals surface area contributed by atoms with Gasteiger partial charge in [0.25, 0.3) is 5.91 Å². The van der Waals surface area contributed by atoms with Crippen LogP contribution in [0.2, 0.25) is 10.0 Å². The maximum atomic E-state index is 12.2. The van der Waals surface area contributed by atoms with Crippen LogP contribution in [-0.2, 0) is 4.79 Å². The summed E-state index contributed by atoms with van der Waals surface area (Å²) < 4.78 is 10.7. The second-order valence-electron chi connectivity index (χ2n) is 5.20. The fraction of sp³-hybridized carbons (Fsp3) is 0.158. The highest BCUT2D eigenvalue weighted by Crippen LogP contribution is 2.29. The molecule has 0 saturated heterocycles. The van der Waals surface area contributed by atoms with Crippen molar-refractivity contribution >= 4 is 41.0 Å². The second-order valence-corrected chi connectivity index (χ2v) is 6.01. The molecule has 136 valence electrons. The summed E-state index contributed by atoms with van der Waals surface area (Å²) in [6, 6.07) is 9.83. The normalized spacial score (nSPS) is 10.6. The topological polar surface area (TPSA) is 64.6 Å². The lowest BCUT2D eigenvalue weighted by atomic mass is 10.1. The van der Waals surface area contributed by atoms with Gasteiger partial charge in [-0.1, -0.05) is 35.3 Å². The van der Waals surface area contributed by atoms with Crippen LogP contribution < -0.4 is 14.8 Å². The number of ether oxygens (including phenoxy) is 2. The fourth-order valence-corrected chi connectivity index (χ4v) is 2.34. The molecule has 2 rings (SSSR count). The third-order valence-electron chi connectivity index (χ3n) is 3.46. The molecule has 26 heavy (non-hydrogen) atoms. The SMILES string of the molecule is CNC(=O)COc1ccc(C=CC(=O)c2ccc(Cl)c(Cl)c2)cc1OC. The average molecular weight is 394 g/mol. The van der Waals surface area contributed by atoms with Crippen LogP contribution in [0.15, 0.2) is 42.5 Å². The number of carbonyl (C=O) groups is 2. The highest BCUT2D eigenvalue weighted by Gasteiger charge is 2.08. The summed E-state index contributed by atoms with van der Waals surface area (Å²) in [6.45, 7) is -0.113. The van der Waals surface area contributed by atoms with Gasteiger partial charge in [-0.2, -0.15) is 0 Å². The van der Waals surface area contributed by atoms with Gasteiger partial charge in [-0.25, -0.2) is 0 Å². The number of hydrogen-bond donors (Lipinski definition) is 1. The predicted octanol–water partition coefficient (Wildman–Crippen LogP) is 4.02. The highest BCUT2D eigenvalue weighted by molar-refractivity contribution is 6.42. The first-order chi connectivity index (χ1) is 12.4. The Morgan fingerprint density at radius 2 is 1.85 bits per heavy atom. The summed E-state index contributed by atoms with van der Waals surface area (Å²) >= 11 is 11.8. The number of halogens is 2. The van der Waals surface area contributed by atoms with Crippen molar-refractivity contribution in [2.24, 2.45) is 0 Å². The number of ketones is 1. The van der Waals surface area contributed by atoms with Gasteiger partial charge >= 0.3 is 0 Å². The average Bonchev–Trinajstić information content (AvgIpc) is 2.66. The minimum absolute atomic E-state index is 0.113. The molecule has 0 spiro atoms. The van der Waals surface area contributed by atoms with E-state index in [-0.39, 0.29) is 18.3 Å². The monoisotopic (exact) mass is 393 g/mol. The van der Waals surface area contributed by atoms with Gasteiger partial charge in [0.2, 0.25) is 0 Å². The summed E-state index contributed by atoms with van der Waals surface area (Å²) in [7, 11) is 3.03. The van der Waals surface area contributed by atoms with Crippen molar-refractivity contribution in [3.8, 4) is 11.5 Å². The quantitative estimate of drug-likeness (QED) is 0.569. The number of amides is 1. The van der Waals surface area contributed by atoms with Gasteiger partial charge in [-0.15, -0.1) is 0 Å². The summed E-state index contributed by atoms with van der Waals surface area (Å²) in [5.41, 5.74) is 1.18. The molecule has 0 bridgehead atoms. The second kappa shape index (κ2) is 9.27. The maximum Gasteiger partial charge on any atom is 0.257 e. The highest BCUT2D eigenvalue weighted by atomic mass is 35.5. The minimum atomic E-state index is -0.247. The molecular weight excluding hydrogens is 377 g/mol. The Hall–Kier alpha value is -2.50. The van der Waals surface area contributed by atoms with Crippen LogP contribution in [0.3, 0.4) is 0 Å². The molecule has 0 heterocycles. The van der Waals surface area contributed by atoms with E-state index >= 15 is 0 Å². The molecule has 2 aromatic carbocycles. The molecule has 0 aliphatic heterocycles. The molecule has 5 nitrogen and oxygen atoms in total. The Bertz CT molecular complexity index is 849. The lowest BCUT2D eigenvalue weighted by Gasteiger charge is -2.10. The first-order valence-corrected chi connectivity index (χ1v) is 8.39. The Morgan fingerprint density at radius 1 is 1.08 bits per heavy atom. The van der Waals surface area contributed by atoms with Gasteiger partial charge in [0.05, 0.1) is 17.2 Å². The van der Waals surface area contributed by atoms with Crippen LogP contribution in [-0.4, -0.2) is 32.5 Å². The number of carbonyl (C=O) groups excluding carboxylic acids is 2. The van der Waals surface area contributed by atoms with Crippen molar-refractivity contribution in [3.63, 3.8) is 0 Å². The molecule has 1 amide bonds. The Kier molecular flexibility index (Phi) is 7.06. The van der Waals surface area contributed by atoms with Gasteiger partial charge in [0.1, 0.15) is 0 Å². The van der Waals surface area contributed by atoms with Crippen LogP contribution >= 0.6 is 23.2 Å². The van der Waals surface area contributed by atoms with Gasteiger partial charge in [-0.05, 0) is 42.0 Å².